The summed E-state index contributed by atoms with van der Waals surface area (Å²) in [7, 11) is 0. The molecule has 1 amide bonds. The molecule has 0 aromatic carbocycles. The molecule has 120 valence electrons. The molecule has 0 radical (unpaired) electrons. The number of hydrogen-bond donors (Lipinski definition) is 2. The number of nitrogens with one attached hydrogen (secondary N) is 1. The lowest BCUT2D eigenvalue weighted by molar-refractivity contribution is 0.0160. The van der Waals surface area contributed by atoms with Gasteiger partial charge < -0.3 is 9.84 Å². The van der Waals surface area contributed by atoms with E-state index in [-0.39, 0.29) is 12.2 Å². The summed E-state index contributed by atoms with van der Waals surface area (Å²) in [6.45, 7) is 4.39. The number of rotatable bonds is 5. The molecule has 9 heteroatoms. The lowest BCUT2D eigenvalue weighted by atomic mass is 10.2. The van der Waals surface area contributed by atoms with Gasteiger partial charge >= 0.3 is 6.09 Å². The van der Waals surface area contributed by atoms with Crippen molar-refractivity contribution >= 4 is 17.6 Å². The lowest BCUT2D eigenvalue weighted by Gasteiger charge is -2.11. The smallest absolute Gasteiger partial charge is 0.411 e. The van der Waals surface area contributed by atoms with Gasteiger partial charge in [0.1, 0.15) is 11.9 Å². The normalized spacial score (nSPS) is 12.4. The van der Waals surface area contributed by atoms with E-state index in [2.05, 4.69) is 20.5 Å². The molecule has 0 saturated carbocycles. The van der Waals surface area contributed by atoms with Gasteiger partial charge in [-0.1, -0.05) is 0 Å². The zero-order valence-corrected chi connectivity index (χ0v) is 12.7. The van der Waals surface area contributed by atoms with Crippen LogP contribution in [0.3, 0.4) is 0 Å². The number of ether oxygens (including phenoxy) is 1. The summed E-state index contributed by atoms with van der Waals surface area (Å²) in [5.41, 5.74) is 2.09. The van der Waals surface area contributed by atoms with Crippen LogP contribution in [0.2, 0.25) is 0 Å². The van der Waals surface area contributed by atoms with Gasteiger partial charge in [0.2, 0.25) is 0 Å². The van der Waals surface area contributed by atoms with E-state index in [0.717, 1.165) is 11.1 Å². The van der Waals surface area contributed by atoms with Gasteiger partial charge in [-0.05, 0) is 26.0 Å². The van der Waals surface area contributed by atoms with Crippen LogP contribution in [0.1, 0.15) is 20.1 Å². The van der Waals surface area contributed by atoms with Crippen molar-refractivity contribution in [2.75, 3.05) is 11.9 Å². The Morgan fingerprint density at radius 1 is 1.52 bits per heavy atom. The van der Waals surface area contributed by atoms with E-state index < -0.39 is 6.09 Å². The number of fused-ring (bicyclic) bond motifs is 1. The van der Waals surface area contributed by atoms with E-state index in [9.17, 15) is 4.79 Å². The number of anilines is 1. The first-order valence-electron chi connectivity index (χ1n) is 7.10. The van der Waals surface area contributed by atoms with Gasteiger partial charge in [-0.3, -0.25) is 5.32 Å². The zero-order chi connectivity index (χ0) is 16.4. The van der Waals surface area contributed by atoms with Crippen LogP contribution in [-0.4, -0.2) is 42.2 Å². The van der Waals surface area contributed by atoms with E-state index in [1.54, 1.807) is 27.8 Å². The number of carboxylic acid groups (broad SMARTS) is 1. The van der Waals surface area contributed by atoms with Crippen molar-refractivity contribution < 1.29 is 14.6 Å². The predicted molar refractivity (Wildman–Crippen MR) is 82.2 cm³/mol. The van der Waals surface area contributed by atoms with E-state index in [1.807, 2.05) is 26.0 Å². The third-order valence-electron chi connectivity index (χ3n) is 3.27. The molecule has 3 aromatic rings. The highest BCUT2D eigenvalue weighted by molar-refractivity contribution is 5.82. The molecule has 23 heavy (non-hydrogen) atoms. The molecular formula is C14H16N6O3. The highest BCUT2D eigenvalue weighted by Gasteiger charge is 2.14. The molecule has 0 aliphatic heterocycles. The Kier molecular flexibility index (Phi) is 3.94. The van der Waals surface area contributed by atoms with Crippen LogP contribution in [-0.2, 0) is 4.74 Å². The first kappa shape index (κ1) is 15.0. The highest BCUT2D eigenvalue weighted by atomic mass is 16.5. The third kappa shape index (κ3) is 2.99. The molecule has 0 aliphatic carbocycles. The Hall–Kier alpha value is -2.94. The minimum atomic E-state index is -1.22. The monoisotopic (exact) mass is 316 g/mol. The number of nitrogens with zero attached hydrogens (tertiary/aromatic N) is 5. The van der Waals surface area contributed by atoms with Gasteiger partial charge in [-0.25, -0.2) is 19.0 Å². The van der Waals surface area contributed by atoms with Gasteiger partial charge in [0, 0.05) is 24.6 Å². The molecule has 3 rings (SSSR count). The van der Waals surface area contributed by atoms with Crippen molar-refractivity contribution in [3.05, 3.63) is 30.7 Å². The fourth-order valence-corrected chi connectivity index (χ4v) is 2.27. The Bertz CT molecular complexity index is 840. The van der Waals surface area contributed by atoms with Crippen molar-refractivity contribution in [2.24, 2.45) is 0 Å². The lowest BCUT2D eigenvalue weighted by Crippen LogP contribution is -2.12. The fraction of sp³-hybridized carbons (Fsp3) is 0.286. The maximum Gasteiger partial charge on any atom is 0.411 e. The first-order chi connectivity index (χ1) is 11.1. The van der Waals surface area contributed by atoms with Crippen LogP contribution in [0.25, 0.3) is 16.8 Å². The SMILES string of the molecule is CCOC(C)n1cc(-c2nc(NC(=O)O)nn3cccc23)cn1. The largest absolute Gasteiger partial charge is 0.465 e. The summed E-state index contributed by atoms with van der Waals surface area (Å²) in [6, 6.07) is 3.66. The second-order valence-corrected chi connectivity index (χ2v) is 4.82. The molecule has 0 bridgehead atoms. The van der Waals surface area contributed by atoms with Gasteiger partial charge in [0.15, 0.2) is 0 Å². The number of carbonyl (C=O) groups is 1. The molecular weight excluding hydrogens is 300 g/mol. The Morgan fingerprint density at radius 2 is 2.35 bits per heavy atom. The van der Waals surface area contributed by atoms with Crippen LogP contribution >= 0.6 is 0 Å². The molecule has 3 heterocycles. The number of amides is 1. The van der Waals surface area contributed by atoms with Crippen LogP contribution in [0.5, 0.6) is 0 Å². The standard InChI is InChI=1S/C14H16N6O3/c1-3-23-9(2)20-8-10(7-15-20)12-11-5-4-6-19(11)18-13(16-12)17-14(21)22/h4-9H,3H2,1-2H3,(H,17,18)(H,21,22). The average Bonchev–Trinajstić information content (AvgIpc) is 3.15. The van der Waals surface area contributed by atoms with E-state index >= 15 is 0 Å². The second kappa shape index (κ2) is 6.05. The van der Waals surface area contributed by atoms with Crippen LogP contribution in [0.4, 0.5) is 10.7 Å². The quantitative estimate of drug-likeness (QED) is 0.747. The van der Waals surface area contributed by atoms with Crippen molar-refractivity contribution in [1.82, 2.24) is 24.4 Å². The topological polar surface area (TPSA) is 107 Å². The van der Waals surface area contributed by atoms with E-state index in [4.69, 9.17) is 9.84 Å². The molecule has 1 unspecified atom stereocenters. The van der Waals surface area contributed by atoms with E-state index in [0.29, 0.717) is 12.3 Å². The molecule has 0 saturated heterocycles. The minimum absolute atomic E-state index is 0.00167. The van der Waals surface area contributed by atoms with Gasteiger partial charge in [0.25, 0.3) is 5.95 Å². The zero-order valence-electron chi connectivity index (χ0n) is 12.7. The van der Waals surface area contributed by atoms with Crippen molar-refractivity contribution in [3.63, 3.8) is 0 Å². The summed E-state index contributed by atoms with van der Waals surface area (Å²) < 4.78 is 8.75. The first-order valence-corrected chi connectivity index (χ1v) is 7.10. The fourth-order valence-electron chi connectivity index (χ4n) is 2.27. The molecule has 0 spiro atoms. The molecule has 3 aromatic heterocycles. The Balaban J connectivity index is 2.04. The van der Waals surface area contributed by atoms with Crippen molar-refractivity contribution in [3.8, 4) is 11.3 Å². The van der Waals surface area contributed by atoms with Crippen LogP contribution in [0, 0.1) is 0 Å². The molecule has 2 N–H and O–H groups in total. The summed E-state index contributed by atoms with van der Waals surface area (Å²) in [4.78, 5) is 15.1. The molecule has 1 atom stereocenters. The second-order valence-electron chi connectivity index (χ2n) is 4.82. The van der Waals surface area contributed by atoms with Gasteiger partial charge in [0.05, 0.1) is 11.7 Å². The third-order valence-corrected chi connectivity index (χ3v) is 3.27. The molecule has 9 nitrogen and oxygen atoms in total. The van der Waals surface area contributed by atoms with E-state index in [1.165, 1.54) is 0 Å². The maximum atomic E-state index is 10.8. The number of aromatic nitrogens is 5. The highest BCUT2D eigenvalue weighted by Crippen LogP contribution is 2.24. The number of hydrogen-bond acceptors (Lipinski definition) is 5. The van der Waals surface area contributed by atoms with Crippen molar-refractivity contribution in [1.29, 1.82) is 0 Å². The maximum absolute atomic E-state index is 10.8. The summed E-state index contributed by atoms with van der Waals surface area (Å²) in [6.07, 6.45) is 3.77. The summed E-state index contributed by atoms with van der Waals surface area (Å²) in [5.74, 6) is 0.00167. The summed E-state index contributed by atoms with van der Waals surface area (Å²) in [5, 5.41) is 19.4. The predicted octanol–water partition coefficient (Wildman–Crippen LogP) is 2.24. The molecule has 0 aliphatic rings. The van der Waals surface area contributed by atoms with Gasteiger partial charge in [-0.15, -0.1) is 5.10 Å². The molecule has 0 fully saturated rings. The summed E-state index contributed by atoms with van der Waals surface area (Å²) >= 11 is 0. The Morgan fingerprint density at radius 3 is 3.09 bits per heavy atom. The Labute approximate surface area is 131 Å². The van der Waals surface area contributed by atoms with Gasteiger partial charge in [-0.2, -0.15) is 5.10 Å². The minimum Gasteiger partial charge on any atom is -0.465 e. The van der Waals surface area contributed by atoms with Crippen LogP contribution < -0.4 is 5.32 Å². The van der Waals surface area contributed by atoms with Crippen LogP contribution in [0.15, 0.2) is 30.7 Å². The van der Waals surface area contributed by atoms with Crippen molar-refractivity contribution in [2.45, 2.75) is 20.1 Å². The average molecular weight is 316 g/mol.